The molecule has 0 aliphatic carbocycles. The van der Waals surface area contributed by atoms with Crippen LogP contribution in [-0.2, 0) is 20.0 Å². The molecule has 8 heteroatoms. The van der Waals surface area contributed by atoms with Gasteiger partial charge in [-0.25, -0.2) is 16.8 Å². The Balaban J connectivity index is 2.26. The molecule has 118 valence electrons. The summed E-state index contributed by atoms with van der Waals surface area (Å²) in [5.74, 6) is 0. The van der Waals surface area contributed by atoms with Gasteiger partial charge in [0.05, 0.1) is 9.79 Å². The van der Waals surface area contributed by atoms with Gasteiger partial charge in [0.25, 0.3) is 20.0 Å². The minimum absolute atomic E-state index is 0.0162. The largest absolute Gasteiger partial charge is 0.254 e. The third-order valence-corrected chi connectivity index (χ3v) is 6.02. The first kappa shape index (κ1) is 16.6. The number of hydrogen-bond donors (Lipinski definition) is 2. The van der Waals surface area contributed by atoms with Crippen LogP contribution >= 0.6 is 0 Å². The zero-order valence-electron chi connectivity index (χ0n) is 12.1. The van der Waals surface area contributed by atoms with Crippen molar-refractivity contribution in [3.63, 3.8) is 0 Å². The summed E-state index contributed by atoms with van der Waals surface area (Å²) in [6.45, 7) is 3.26. The van der Waals surface area contributed by atoms with E-state index in [1.807, 2.05) is 9.66 Å². The summed E-state index contributed by atoms with van der Waals surface area (Å²) in [6.07, 6.45) is 0. The van der Waals surface area contributed by atoms with E-state index < -0.39 is 20.0 Å². The maximum absolute atomic E-state index is 12.2. The Kier molecular flexibility index (Phi) is 4.66. The highest BCUT2D eigenvalue weighted by atomic mass is 32.2. The minimum Gasteiger partial charge on any atom is -0.206 e. The summed E-state index contributed by atoms with van der Waals surface area (Å²) in [7, 11) is -7.97. The first-order valence-electron chi connectivity index (χ1n) is 6.39. The average Bonchev–Trinajstić information content (AvgIpc) is 2.46. The topological polar surface area (TPSA) is 92.3 Å². The van der Waals surface area contributed by atoms with E-state index in [-0.39, 0.29) is 9.79 Å². The van der Waals surface area contributed by atoms with Gasteiger partial charge < -0.3 is 0 Å². The standard InChI is InChI=1S/C14H16N2O4S2/c1-11-7-3-5-9-13(11)21(17,18)15-16-22(19,20)14-10-6-4-8-12(14)2/h3-10,15-16H,1-2H3. The fourth-order valence-corrected chi connectivity index (χ4v) is 4.53. The van der Waals surface area contributed by atoms with Crippen LogP contribution in [-0.4, -0.2) is 16.8 Å². The number of benzene rings is 2. The van der Waals surface area contributed by atoms with E-state index in [1.54, 1.807) is 50.2 Å². The van der Waals surface area contributed by atoms with Crippen molar-refractivity contribution in [2.75, 3.05) is 0 Å². The number of hydrogen-bond acceptors (Lipinski definition) is 4. The first-order valence-corrected chi connectivity index (χ1v) is 9.35. The summed E-state index contributed by atoms with van der Waals surface area (Å²) in [5.41, 5.74) is 1.04. The maximum Gasteiger partial charge on any atom is 0.254 e. The van der Waals surface area contributed by atoms with Crippen molar-refractivity contribution in [2.45, 2.75) is 23.6 Å². The van der Waals surface area contributed by atoms with E-state index in [4.69, 9.17) is 0 Å². The van der Waals surface area contributed by atoms with Gasteiger partial charge in [-0.2, -0.15) is 0 Å². The van der Waals surface area contributed by atoms with Gasteiger partial charge in [0, 0.05) is 0 Å². The van der Waals surface area contributed by atoms with Crippen LogP contribution in [0.15, 0.2) is 58.3 Å². The summed E-state index contributed by atoms with van der Waals surface area (Å²) < 4.78 is 48.7. The molecule has 0 aromatic heterocycles. The molecule has 0 radical (unpaired) electrons. The number of rotatable bonds is 5. The minimum atomic E-state index is -3.99. The number of aryl methyl sites for hydroxylation is 2. The fourth-order valence-electron chi connectivity index (χ4n) is 1.94. The van der Waals surface area contributed by atoms with Gasteiger partial charge in [-0.15, -0.1) is 9.66 Å². The number of hydrazine groups is 1. The summed E-state index contributed by atoms with van der Waals surface area (Å²) in [6, 6.07) is 12.6. The molecule has 22 heavy (non-hydrogen) atoms. The molecular weight excluding hydrogens is 324 g/mol. The second kappa shape index (κ2) is 6.17. The van der Waals surface area contributed by atoms with Gasteiger partial charge in [-0.3, -0.25) is 0 Å². The van der Waals surface area contributed by atoms with Gasteiger partial charge in [0.1, 0.15) is 0 Å². The quantitative estimate of drug-likeness (QED) is 0.806. The predicted octanol–water partition coefficient (Wildman–Crippen LogP) is 1.48. The highest BCUT2D eigenvalue weighted by molar-refractivity contribution is 7.92. The Morgan fingerprint density at radius 3 is 1.27 bits per heavy atom. The van der Waals surface area contributed by atoms with Gasteiger partial charge in [-0.1, -0.05) is 36.4 Å². The van der Waals surface area contributed by atoms with Crippen LogP contribution < -0.4 is 9.66 Å². The molecule has 0 saturated heterocycles. The van der Waals surface area contributed by atoms with Crippen LogP contribution in [0.2, 0.25) is 0 Å². The SMILES string of the molecule is Cc1ccccc1S(=O)(=O)NNS(=O)(=O)c1ccccc1C. The molecule has 0 bridgehead atoms. The van der Waals surface area contributed by atoms with E-state index in [1.165, 1.54) is 12.1 Å². The molecule has 2 N–H and O–H groups in total. The van der Waals surface area contributed by atoms with Crippen molar-refractivity contribution in [3.8, 4) is 0 Å². The summed E-state index contributed by atoms with van der Waals surface area (Å²) >= 11 is 0. The predicted molar refractivity (Wildman–Crippen MR) is 83.0 cm³/mol. The smallest absolute Gasteiger partial charge is 0.206 e. The number of nitrogens with one attached hydrogen (secondary N) is 2. The van der Waals surface area contributed by atoms with Gasteiger partial charge in [0.2, 0.25) is 0 Å². The third-order valence-electron chi connectivity index (χ3n) is 3.08. The molecule has 0 spiro atoms. The van der Waals surface area contributed by atoms with Gasteiger partial charge in [0.15, 0.2) is 0 Å². The molecular formula is C14H16N2O4S2. The van der Waals surface area contributed by atoms with Crippen molar-refractivity contribution >= 4 is 20.0 Å². The van der Waals surface area contributed by atoms with E-state index in [0.717, 1.165) is 0 Å². The van der Waals surface area contributed by atoms with Crippen LogP contribution in [0.5, 0.6) is 0 Å². The van der Waals surface area contributed by atoms with Crippen molar-refractivity contribution in [1.29, 1.82) is 0 Å². The van der Waals surface area contributed by atoms with E-state index >= 15 is 0 Å². The zero-order valence-corrected chi connectivity index (χ0v) is 13.7. The molecule has 0 fully saturated rings. The molecule has 2 aromatic carbocycles. The Hall–Kier alpha value is -1.74. The van der Waals surface area contributed by atoms with Crippen LogP contribution in [0.1, 0.15) is 11.1 Å². The van der Waals surface area contributed by atoms with Crippen LogP contribution in [0.25, 0.3) is 0 Å². The third kappa shape index (κ3) is 3.53. The molecule has 6 nitrogen and oxygen atoms in total. The molecule has 2 aromatic rings. The van der Waals surface area contributed by atoms with Gasteiger partial charge in [-0.05, 0) is 37.1 Å². The monoisotopic (exact) mass is 340 g/mol. The molecule has 0 amide bonds. The molecule has 0 unspecified atom stereocenters. The lowest BCUT2D eigenvalue weighted by Crippen LogP contribution is -2.41. The fraction of sp³-hybridized carbons (Fsp3) is 0.143. The van der Waals surface area contributed by atoms with Gasteiger partial charge >= 0.3 is 0 Å². The highest BCUT2D eigenvalue weighted by Crippen LogP contribution is 2.15. The van der Waals surface area contributed by atoms with Crippen molar-refractivity contribution in [1.82, 2.24) is 9.66 Å². The lowest BCUT2D eigenvalue weighted by atomic mass is 10.2. The molecule has 0 heterocycles. The average molecular weight is 340 g/mol. The van der Waals surface area contributed by atoms with Crippen molar-refractivity contribution < 1.29 is 16.8 Å². The van der Waals surface area contributed by atoms with E-state index in [2.05, 4.69) is 0 Å². The maximum atomic E-state index is 12.2. The highest BCUT2D eigenvalue weighted by Gasteiger charge is 2.21. The lowest BCUT2D eigenvalue weighted by molar-refractivity contribution is 0.557. The van der Waals surface area contributed by atoms with Crippen molar-refractivity contribution in [3.05, 3.63) is 59.7 Å². The number of sulfonamides is 2. The Morgan fingerprint density at radius 1 is 0.636 bits per heavy atom. The molecule has 0 aliphatic rings. The summed E-state index contributed by atoms with van der Waals surface area (Å²) in [5, 5.41) is 0. The van der Waals surface area contributed by atoms with Crippen LogP contribution in [0.4, 0.5) is 0 Å². The van der Waals surface area contributed by atoms with E-state index in [0.29, 0.717) is 11.1 Å². The first-order chi connectivity index (χ1) is 10.2. The molecule has 2 rings (SSSR count). The second-order valence-corrected chi connectivity index (χ2v) is 8.04. The zero-order chi connectivity index (χ0) is 16.4. The van der Waals surface area contributed by atoms with E-state index in [9.17, 15) is 16.8 Å². The normalized spacial score (nSPS) is 12.3. The van der Waals surface area contributed by atoms with Crippen LogP contribution in [0, 0.1) is 13.8 Å². The molecule has 0 saturated carbocycles. The molecule has 0 aliphatic heterocycles. The molecule has 0 atom stereocenters. The Bertz CT molecular complexity index is 815. The summed E-state index contributed by atoms with van der Waals surface area (Å²) in [4.78, 5) is 3.87. The van der Waals surface area contributed by atoms with Crippen LogP contribution in [0.3, 0.4) is 0 Å². The second-order valence-electron chi connectivity index (χ2n) is 4.74. The Labute approximate surface area is 130 Å². The lowest BCUT2D eigenvalue weighted by Gasteiger charge is -2.12. The van der Waals surface area contributed by atoms with Crippen molar-refractivity contribution in [2.24, 2.45) is 0 Å². The Morgan fingerprint density at radius 2 is 0.955 bits per heavy atom.